The highest BCUT2D eigenvalue weighted by atomic mass is 16.5. The van der Waals surface area contributed by atoms with E-state index >= 15 is 0 Å². The summed E-state index contributed by atoms with van der Waals surface area (Å²) in [5.74, 6) is -0.499. The first kappa shape index (κ1) is 53.3. The van der Waals surface area contributed by atoms with Crippen LogP contribution in [0.2, 0.25) is 0 Å². The van der Waals surface area contributed by atoms with Crippen molar-refractivity contribution in [2.24, 2.45) is 0 Å². The van der Waals surface area contributed by atoms with Crippen molar-refractivity contribution in [2.75, 3.05) is 6.61 Å². The number of esters is 1. The first-order chi connectivity index (χ1) is 27.0. The van der Waals surface area contributed by atoms with Gasteiger partial charge >= 0.3 is 5.97 Å². The molecular weight excluding hydrogens is 683 g/mol. The van der Waals surface area contributed by atoms with E-state index in [0.717, 1.165) is 77.0 Å². The summed E-state index contributed by atoms with van der Waals surface area (Å²) < 4.78 is 5.87. The molecule has 324 valence electrons. The SMILES string of the molecule is CCC/C=C\CCCCCC(CC(=O)NC(CO)C(O)CCCCCCCCCCCCCCCCCCC)OC(=O)CCCCCCC/C=C\CCCC. The highest BCUT2D eigenvalue weighted by Crippen LogP contribution is 2.17. The molecule has 0 saturated heterocycles. The zero-order chi connectivity index (χ0) is 40.3. The monoisotopic (exact) mass is 776 g/mol. The van der Waals surface area contributed by atoms with Crippen molar-refractivity contribution in [1.29, 1.82) is 0 Å². The molecule has 0 fully saturated rings. The third-order valence-corrected chi connectivity index (χ3v) is 11.0. The largest absolute Gasteiger partial charge is 0.462 e. The summed E-state index contributed by atoms with van der Waals surface area (Å²) in [6.45, 7) is 6.37. The Balaban J connectivity index is 4.38. The standard InChI is InChI=1S/C49H93NO5/c1-4-7-10-13-16-19-21-22-23-24-25-26-28-29-32-35-38-41-47(52)46(44-51)50-48(53)43-45(40-37-34-31-18-15-12-9-6-3)55-49(54)42-39-36-33-30-27-20-17-14-11-8-5-2/h12,14-15,17,45-47,51-52H,4-11,13,16,18-44H2,1-3H3,(H,50,53)/b15-12-,17-14-. The van der Waals surface area contributed by atoms with Gasteiger partial charge in [0, 0.05) is 6.42 Å². The number of unbranched alkanes of at least 4 members (excludes halogenated alkanes) is 27. The van der Waals surface area contributed by atoms with Crippen LogP contribution in [0.1, 0.15) is 252 Å². The van der Waals surface area contributed by atoms with Crippen LogP contribution in [0, 0.1) is 0 Å². The molecule has 0 aromatic carbocycles. The Labute approximate surface area is 341 Å². The molecule has 1 amide bonds. The molecule has 0 aliphatic carbocycles. The number of carbonyl (C=O) groups is 2. The van der Waals surface area contributed by atoms with Crippen LogP contribution >= 0.6 is 0 Å². The molecule has 6 nitrogen and oxygen atoms in total. The minimum atomic E-state index is -0.788. The lowest BCUT2D eigenvalue weighted by atomic mass is 10.0. The van der Waals surface area contributed by atoms with E-state index in [0.29, 0.717) is 19.3 Å². The lowest BCUT2D eigenvalue weighted by Crippen LogP contribution is -2.46. The third kappa shape index (κ3) is 39.0. The average molecular weight is 776 g/mol. The topological polar surface area (TPSA) is 95.9 Å². The Hall–Kier alpha value is -1.66. The number of aliphatic hydroxyl groups is 2. The van der Waals surface area contributed by atoms with E-state index in [2.05, 4.69) is 50.4 Å². The van der Waals surface area contributed by atoms with Crippen molar-refractivity contribution < 1.29 is 24.5 Å². The number of allylic oxidation sites excluding steroid dienone is 4. The third-order valence-electron chi connectivity index (χ3n) is 11.0. The summed E-state index contributed by atoms with van der Waals surface area (Å²) in [5, 5.41) is 23.7. The van der Waals surface area contributed by atoms with Crippen LogP contribution in [0.3, 0.4) is 0 Å². The Bertz CT molecular complexity index is 873. The fourth-order valence-corrected chi connectivity index (χ4v) is 7.30. The van der Waals surface area contributed by atoms with Gasteiger partial charge in [-0.05, 0) is 64.2 Å². The van der Waals surface area contributed by atoms with Crippen molar-refractivity contribution in [3.63, 3.8) is 0 Å². The predicted octanol–water partition coefficient (Wildman–Crippen LogP) is 14.0. The Morgan fingerprint density at radius 1 is 0.509 bits per heavy atom. The molecule has 0 aromatic heterocycles. The molecule has 3 unspecified atom stereocenters. The van der Waals surface area contributed by atoms with Crippen LogP contribution in [0.4, 0.5) is 0 Å². The minimum Gasteiger partial charge on any atom is -0.462 e. The van der Waals surface area contributed by atoms with E-state index < -0.39 is 18.2 Å². The Kier molecular flexibility index (Phi) is 42.2. The normalized spacial score (nSPS) is 13.5. The minimum absolute atomic E-state index is 0.0657. The number of aliphatic hydroxyl groups excluding tert-OH is 2. The van der Waals surface area contributed by atoms with Crippen LogP contribution in [0.5, 0.6) is 0 Å². The maximum absolute atomic E-state index is 13.1. The molecule has 55 heavy (non-hydrogen) atoms. The second-order valence-electron chi connectivity index (χ2n) is 16.5. The summed E-state index contributed by atoms with van der Waals surface area (Å²) in [6, 6.07) is -0.702. The van der Waals surface area contributed by atoms with E-state index in [9.17, 15) is 19.8 Å². The highest BCUT2D eigenvalue weighted by molar-refractivity contribution is 5.77. The molecule has 3 atom stereocenters. The van der Waals surface area contributed by atoms with Gasteiger partial charge < -0.3 is 20.3 Å². The van der Waals surface area contributed by atoms with Gasteiger partial charge in [-0.3, -0.25) is 9.59 Å². The molecule has 0 bridgehead atoms. The molecule has 0 rings (SSSR count). The fourth-order valence-electron chi connectivity index (χ4n) is 7.30. The highest BCUT2D eigenvalue weighted by Gasteiger charge is 2.24. The molecule has 0 aliphatic heterocycles. The van der Waals surface area contributed by atoms with Gasteiger partial charge in [0.1, 0.15) is 6.10 Å². The van der Waals surface area contributed by atoms with Gasteiger partial charge in [0.05, 0.1) is 25.2 Å². The van der Waals surface area contributed by atoms with E-state index in [1.807, 2.05) is 0 Å². The predicted molar refractivity (Wildman–Crippen MR) is 236 cm³/mol. The first-order valence-electron chi connectivity index (χ1n) is 24.1. The van der Waals surface area contributed by atoms with Gasteiger partial charge in [0.25, 0.3) is 0 Å². The molecule has 0 aromatic rings. The molecule has 0 saturated carbocycles. The van der Waals surface area contributed by atoms with Crippen molar-refractivity contribution in [2.45, 2.75) is 270 Å². The van der Waals surface area contributed by atoms with Crippen LogP contribution in [-0.2, 0) is 14.3 Å². The van der Waals surface area contributed by atoms with Gasteiger partial charge in [0.2, 0.25) is 5.91 Å². The molecule has 0 radical (unpaired) electrons. The Morgan fingerprint density at radius 3 is 1.44 bits per heavy atom. The second kappa shape index (κ2) is 43.5. The van der Waals surface area contributed by atoms with Crippen LogP contribution < -0.4 is 5.32 Å². The van der Waals surface area contributed by atoms with Gasteiger partial charge in [-0.25, -0.2) is 0 Å². The summed E-state index contributed by atoms with van der Waals surface area (Å²) in [6.07, 6.45) is 48.2. The summed E-state index contributed by atoms with van der Waals surface area (Å²) in [7, 11) is 0. The van der Waals surface area contributed by atoms with Crippen molar-refractivity contribution in [3.05, 3.63) is 24.3 Å². The number of ether oxygens (including phenoxy) is 1. The van der Waals surface area contributed by atoms with Crippen LogP contribution in [0.25, 0.3) is 0 Å². The fraction of sp³-hybridized carbons (Fsp3) is 0.878. The summed E-state index contributed by atoms with van der Waals surface area (Å²) in [4.78, 5) is 25.9. The second-order valence-corrected chi connectivity index (χ2v) is 16.5. The number of carbonyl (C=O) groups excluding carboxylic acids is 2. The lowest BCUT2D eigenvalue weighted by Gasteiger charge is -2.24. The molecular formula is C49H93NO5. The smallest absolute Gasteiger partial charge is 0.306 e. The van der Waals surface area contributed by atoms with Crippen LogP contribution in [-0.4, -0.2) is 46.9 Å². The zero-order valence-corrected chi connectivity index (χ0v) is 36.8. The number of rotatable bonds is 43. The van der Waals surface area contributed by atoms with Crippen molar-refractivity contribution in [1.82, 2.24) is 5.32 Å². The molecule has 0 spiro atoms. The van der Waals surface area contributed by atoms with Gasteiger partial charge in [-0.15, -0.1) is 0 Å². The molecule has 0 heterocycles. The van der Waals surface area contributed by atoms with Crippen molar-refractivity contribution in [3.8, 4) is 0 Å². The van der Waals surface area contributed by atoms with Gasteiger partial charge in [0.15, 0.2) is 0 Å². The maximum atomic E-state index is 13.1. The maximum Gasteiger partial charge on any atom is 0.306 e. The van der Waals surface area contributed by atoms with E-state index in [-0.39, 0.29) is 24.9 Å². The Morgan fingerprint density at radius 2 is 0.927 bits per heavy atom. The number of hydrogen-bond donors (Lipinski definition) is 3. The van der Waals surface area contributed by atoms with E-state index in [1.54, 1.807) is 0 Å². The van der Waals surface area contributed by atoms with Crippen molar-refractivity contribution >= 4 is 11.9 Å². The van der Waals surface area contributed by atoms with E-state index in [1.165, 1.54) is 128 Å². The molecule has 3 N–H and O–H groups in total. The van der Waals surface area contributed by atoms with Gasteiger partial charge in [-0.2, -0.15) is 0 Å². The summed E-state index contributed by atoms with van der Waals surface area (Å²) in [5.41, 5.74) is 0. The molecule has 6 heteroatoms. The van der Waals surface area contributed by atoms with E-state index in [4.69, 9.17) is 4.74 Å². The zero-order valence-electron chi connectivity index (χ0n) is 36.8. The number of hydrogen-bond acceptors (Lipinski definition) is 5. The lowest BCUT2D eigenvalue weighted by molar-refractivity contribution is -0.151. The average Bonchev–Trinajstić information content (AvgIpc) is 3.18. The number of nitrogens with one attached hydrogen (secondary N) is 1. The van der Waals surface area contributed by atoms with Crippen LogP contribution in [0.15, 0.2) is 24.3 Å². The summed E-state index contributed by atoms with van der Waals surface area (Å²) >= 11 is 0. The number of amides is 1. The molecule has 0 aliphatic rings. The van der Waals surface area contributed by atoms with Gasteiger partial charge in [-0.1, -0.05) is 199 Å². The quantitative estimate of drug-likeness (QED) is 0.0326. The first-order valence-corrected chi connectivity index (χ1v) is 24.1.